The number of aromatic amines is 1. The fraction of sp³-hybridized carbons (Fsp3) is 0. The highest BCUT2D eigenvalue weighted by Crippen LogP contribution is 2.08. The minimum Gasteiger partial charge on any atom is -0.382 e. The molecule has 2 aromatic rings. The van der Waals surface area contributed by atoms with Crippen molar-refractivity contribution in [2.24, 2.45) is 0 Å². The van der Waals surface area contributed by atoms with Gasteiger partial charge in [-0.2, -0.15) is 5.10 Å². The van der Waals surface area contributed by atoms with Crippen LogP contribution in [0.2, 0.25) is 0 Å². The number of nitrogens with zero attached hydrogens (tertiary/aromatic N) is 1. The Morgan fingerprint density at radius 3 is 2.67 bits per heavy atom. The van der Waals surface area contributed by atoms with Crippen LogP contribution in [0.5, 0.6) is 0 Å². The van der Waals surface area contributed by atoms with Crippen LogP contribution < -0.4 is 11.1 Å². The summed E-state index contributed by atoms with van der Waals surface area (Å²) in [4.78, 5) is 11.6. The van der Waals surface area contributed by atoms with Crippen molar-refractivity contribution in [1.82, 2.24) is 10.2 Å². The summed E-state index contributed by atoms with van der Waals surface area (Å²) in [5, 5.41) is 8.92. The fourth-order valence-corrected chi connectivity index (χ4v) is 1.17. The average Bonchev–Trinajstić information content (AvgIpc) is 2.66. The van der Waals surface area contributed by atoms with E-state index in [0.29, 0.717) is 11.5 Å². The van der Waals surface area contributed by atoms with Gasteiger partial charge >= 0.3 is 0 Å². The van der Waals surface area contributed by atoms with E-state index in [-0.39, 0.29) is 5.91 Å². The number of benzene rings is 1. The summed E-state index contributed by atoms with van der Waals surface area (Å²) in [6.07, 6.45) is 0. The second kappa shape index (κ2) is 3.83. The summed E-state index contributed by atoms with van der Waals surface area (Å²) in [7, 11) is 0. The van der Waals surface area contributed by atoms with Crippen LogP contribution in [0, 0.1) is 0 Å². The molecule has 0 bridgehead atoms. The number of nitrogens with one attached hydrogen (secondary N) is 2. The molecule has 4 N–H and O–H groups in total. The van der Waals surface area contributed by atoms with E-state index in [1.54, 1.807) is 12.1 Å². The minimum atomic E-state index is -0.259. The zero-order valence-corrected chi connectivity index (χ0v) is 7.90. The van der Waals surface area contributed by atoms with Crippen LogP contribution in [0.3, 0.4) is 0 Å². The Bertz CT molecular complexity index is 463. The number of rotatable bonds is 2. The molecule has 5 heteroatoms. The quantitative estimate of drug-likeness (QED) is 0.685. The molecule has 15 heavy (non-hydrogen) atoms. The Balaban J connectivity index is 2.11. The first-order valence-corrected chi connectivity index (χ1v) is 4.43. The number of aromatic nitrogens is 2. The van der Waals surface area contributed by atoms with E-state index < -0.39 is 0 Å². The van der Waals surface area contributed by atoms with Crippen molar-refractivity contribution in [2.75, 3.05) is 11.1 Å². The maximum atomic E-state index is 11.6. The average molecular weight is 202 g/mol. The molecular weight excluding hydrogens is 192 g/mol. The summed E-state index contributed by atoms with van der Waals surface area (Å²) in [6, 6.07) is 10.7. The van der Waals surface area contributed by atoms with E-state index >= 15 is 0 Å². The molecule has 0 radical (unpaired) electrons. The molecule has 1 amide bonds. The van der Waals surface area contributed by atoms with Crippen molar-refractivity contribution in [1.29, 1.82) is 0 Å². The number of para-hydroxylation sites is 1. The van der Waals surface area contributed by atoms with Gasteiger partial charge in [-0.3, -0.25) is 9.89 Å². The zero-order valence-electron chi connectivity index (χ0n) is 7.90. The lowest BCUT2D eigenvalue weighted by molar-refractivity contribution is 0.102. The Kier molecular flexibility index (Phi) is 2.37. The summed E-state index contributed by atoms with van der Waals surface area (Å²) in [5.41, 5.74) is 6.46. The molecule has 0 aliphatic heterocycles. The highest BCUT2D eigenvalue weighted by Gasteiger charge is 2.08. The third-order valence-electron chi connectivity index (χ3n) is 1.87. The molecule has 1 heterocycles. The molecule has 1 aromatic carbocycles. The molecule has 0 atom stereocenters. The predicted octanol–water partition coefficient (Wildman–Crippen LogP) is 1.24. The van der Waals surface area contributed by atoms with Gasteiger partial charge in [-0.25, -0.2) is 0 Å². The summed E-state index contributed by atoms with van der Waals surface area (Å²) < 4.78 is 0. The fourth-order valence-electron chi connectivity index (χ4n) is 1.17. The first-order valence-electron chi connectivity index (χ1n) is 4.43. The van der Waals surface area contributed by atoms with Crippen molar-refractivity contribution >= 4 is 17.4 Å². The van der Waals surface area contributed by atoms with Crippen molar-refractivity contribution in [3.8, 4) is 0 Å². The van der Waals surface area contributed by atoms with Crippen molar-refractivity contribution in [3.05, 3.63) is 42.1 Å². The Morgan fingerprint density at radius 1 is 1.33 bits per heavy atom. The summed E-state index contributed by atoms with van der Waals surface area (Å²) in [6.45, 7) is 0. The lowest BCUT2D eigenvalue weighted by Crippen LogP contribution is -2.12. The van der Waals surface area contributed by atoms with Gasteiger partial charge in [0.2, 0.25) is 0 Å². The molecule has 0 saturated carbocycles. The lowest BCUT2D eigenvalue weighted by Gasteiger charge is -2.01. The van der Waals surface area contributed by atoms with Gasteiger partial charge in [0.15, 0.2) is 0 Å². The van der Waals surface area contributed by atoms with Gasteiger partial charge in [-0.15, -0.1) is 0 Å². The molecule has 0 spiro atoms. The number of nitrogens with two attached hydrogens (primary N) is 1. The second-order valence-electron chi connectivity index (χ2n) is 3.03. The molecule has 5 nitrogen and oxygen atoms in total. The molecule has 0 saturated heterocycles. The number of hydrogen-bond donors (Lipinski definition) is 3. The van der Waals surface area contributed by atoms with Gasteiger partial charge in [0.05, 0.1) is 0 Å². The number of amides is 1. The summed E-state index contributed by atoms with van der Waals surface area (Å²) in [5.74, 6) is 0.0404. The van der Waals surface area contributed by atoms with Crippen LogP contribution in [0.25, 0.3) is 0 Å². The van der Waals surface area contributed by atoms with E-state index in [9.17, 15) is 4.79 Å². The van der Waals surface area contributed by atoms with E-state index in [1.165, 1.54) is 6.07 Å². The van der Waals surface area contributed by atoms with Crippen LogP contribution in [0.15, 0.2) is 36.4 Å². The summed E-state index contributed by atoms with van der Waals surface area (Å²) >= 11 is 0. The molecule has 0 aliphatic carbocycles. The molecule has 0 unspecified atom stereocenters. The van der Waals surface area contributed by atoms with Gasteiger partial charge in [-0.05, 0) is 12.1 Å². The first-order chi connectivity index (χ1) is 7.25. The standard InChI is InChI=1S/C10H10N4O/c11-9-6-8(13-14-9)10(15)12-7-4-2-1-3-5-7/h1-6H,(H,12,15)(H3,11,13,14). The number of nitrogen functional groups attached to an aromatic ring is 1. The normalized spacial score (nSPS) is 9.87. The third kappa shape index (κ3) is 2.14. The zero-order chi connectivity index (χ0) is 10.7. The lowest BCUT2D eigenvalue weighted by atomic mass is 10.3. The van der Waals surface area contributed by atoms with Crippen LogP contribution in [0.1, 0.15) is 10.5 Å². The number of hydrogen-bond acceptors (Lipinski definition) is 3. The topological polar surface area (TPSA) is 83.8 Å². The van der Waals surface area contributed by atoms with E-state index in [4.69, 9.17) is 5.73 Å². The number of carbonyl (C=O) groups is 1. The number of carbonyl (C=O) groups excluding carboxylic acids is 1. The van der Waals surface area contributed by atoms with Crippen molar-refractivity contribution in [2.45, 2.75) is 0 Å². The van der Waals surface area contributed by atoms with Gasteiger partial charge in [-0.1, -0.05) is 18.2 Å². The SMILES string of the molecule is Nc1cc(C(=O)Nc2ccccc2)[nH]n1. The van der Waals surface area contributed by atoms with Gasteiger partial charge in [0.25, 0.3) is 5.91 Å². The molecule has 2 rings (SSSR count). The number of H-pyrrole nitrogens is 1. The van der Waals surface area contributed by atoms with Gasteiger partial charge < -0.3 is 11.1 Å². The highest BCUT2D eigenvalue weighted by molar-refractivity contribution is 6.03. The third-order valence-corrected chi connectivity index (χ3v) is 1.87. The number of anilines is 2. The second-order valence-corrected chi connectivity index (χ2v) is 3.03. The monoisotopic (exact) mass is 202 g/mol. The van der Waals surface area contributed by atoms with Crippen LogP contribution >= 0.6 is 0 Å². The first kappa shape index (κ1) is 9.26. The smallest absolute Gasteiger partial charge is 0.273 e. The minimum absolute atomic E-state index is 0.259. The van der Waals surface area contributed by atoms with Gasteiger partial charge in [0.1, 0.15) is 11.5 Å². The maximum absolute atomic E-state index is 11.6. The molecule has 1 aromatic heterocycles. The molecule has 76 valence electrons. The van der Waals surface area contributed by atoms with Crippen LogP contribution in [-0.4, -0.2) is 16.1 Å². The van der Waals surface area contributed by atoms with E-state index in [2.05, 4.69) is 15.5 Å². The van der Waals surface area contributed by atoms with Crippen LogP contribution in [-0.2, 0) is 0 Å². The molecular formula is C10H10N4O. The van der Waals surface area contributed by atoms with Gasteiger partial charge in [0, 0.05) is 11.8 Å². The molecule has 0 aliphatic rings. The van der Waals surface area contributed by atoms with Crippen molar-refractivity contribution in [3.63, 3.8) is 0 Å². The van der Waals surface area contributed by atoms with Crippen LogP contribution in [0.4, 0.5) is 11.5 Å². The van der Waals surface area contributed by atoms with E-state index in [0.717, 1.165) is 5.69 Å². The predicted molar refractivity (Wildman–Crippen MR) is 57.4 cm³/mol. The molecule has 0 fully saturated rings. The largest absolute Gasteiger partial charge is 0.382 e. The van der Waals surface area contributed by atoms with Crippen molar-refractivity contribution < 1.29 is 4.79 Å². The Hall–Kier alpha value is -2.30. The maximum Gasteiger partial charge on any atom is 0.273 e. The Labute approximate surface area is 86.3 Å². The highest BCUT2D eigenvalue weighted by atomic mass is 16.1. The van der Waals surface area contributed by atoms with E-state index in [1.807, 2.05) is 18.2 Å². The Morgan fingerprint density at radius 2 is 2.07 bits per heavy atom.